The zero-order valence-electron chi connectivity index (χ0n) is 13.1. The average Bonchev–Trinajstić information content (AvgIpc) is 2.96. The lowest BCUT2D eigenvalue weighted by Gasteiger charge is -2.54. The predicted octanol–water partition coefficient (Wildman–Crippen LogP) is 2.55. The fraction of sp³-hybridized carbons (Fsp3) is 0.353. The summed E-state index contributed by atoms with van der Waals surface area (Å²) >= 11 is 1.65. The maximum atomic E-state index is 12.3. The van der Waals surface area contributed by atoms with Gasteiger partial charge in [-0.15, -0.1) is 11.3 Å². The Balaban J connectivity index is 1.65. The Hall–Kier alpha value is -2.05. The first-order valence-corrected chi connectivity index (χ1v) is 8.48. The summed E-state index contributed by atoms with van der Waals surface area (Å²) in [5, 5.41) is 4.91. The molecule has 2 aliphatic heterocycles. The summed E-state index contributed by atoms with van der Waals surface area (Å²) in [5.41, 5.74) is 7.52. The molecule has 23 heavy (non-hydrogen) atoms. The maximum absolute atomic E-state index is 12.3. The second-order valence-electron chi connectivity index (χ2n) is 5.98. The number of hydrogen-bond acceptors (Lipinski definition) is 4. The van der Waals surface area contributed by atoms with Crippen LogP contribution in [0.4, 0.5) is 4.79 Å². The van der Waals surface area contributed by atoms with Gasteiger partial charge in [0.25, 0.3) is 0 Å². The highest BCUT2D eigenvalue weighted by Gasteiger charge is 2.50. The van der Waals surface area contributed by atoms with Crippen molar-refractivity contribution in [3.63, 3.8) is 0 Å². The zero-order chi connectivity index (χ0) is 16.3. The lowest BCUT2D eigenvalue weighted by molar-refractivity contribution is -0.174. The van der Waals surface area contributed by atoms with Crippen molar-refractivity contribution in [1.82, 2.24) is 10.2 Å². The number of hydrogen-bond donors (Lipinski definition) is 2. The van der Waals surface area contributed by atoms with Gasteiger partial charge in [0.05, 0.1) is 24.3 Å². The zero-order valence-corrected chi connectivity index (χ0v) is 13.9. The molecule has 3 heterocycles. The maximum Gasteiger partial charge on any atom is 0.321 e. The number of amides is 2. The average molecular weight is 331 g/mol. The van der Waals surface area contributed by atoms with Crippen LogP contribution < -0.4 is 11.1 Å². The molecule has 0 aliphatic carbocycles. The molecule has 0 unspecified atom stereocenters. The second kappa shape index (κ2) is 6.60. The van der Waals surface area contributed by atoms with Gasteiger partial charge in [-0.3, -0.25) is 0 Å². The monoisotopic (exact) mass is 331 g/mol. The van der Waals surface area contributed by atoms with Gasteiger partial charge in [-0.25, -0.2) is 4.79 Å². The van der Waals surface area contributed by atoms with E-state index in [4.69, 9.17) is 10.5 Å². The van der Waals surface area contributed by atoms with E-state index in [1.54, 1.807) is 16.2 Å². The van der Waals surface area contributed by atoms with Crippen molar-refractivity contribution < 1.29 is 9.53 Å². The van der Waals surface area contributed by atoms with Crippen molar-refractivity contribution in [2.24, 2.45) is 11.1 Å². The number of carbonyl (C=O) groups is 1. The summed E-state index contributed by atoms with van der Waals surface area (Å²) in [4.78, 5) is 15.2. The molecular formula is C17H21N3O2S. The van der Waals surface area contributed by atoms with E-state index in [0.717, 1.165) is 36.8 Å². The van der Waals surface area contributed by atoms with Crippen LogP contribution in [0.15, 0.2) is 47.6 Å². The highest BCUT2D eigenvalue weighted by molar-refractivity contribution is 7.11. The van der Waals surface area contributed by atoms with Gasteiger partial charge >= 0.3 is 6.03 Å². The quantitative estimate of drug-likeness (QED) is 0.833. The van der Waals surface area contributed by atoms with Crippen molar-refractivity contribution in [2.45, 2.75) is 6.92 Å². The summed E-state index contributed by atoms with van der Waals surface area (Å²) in [6.07, 6.45) is 7.30. The lowest BCUT2D eigenvalue weighted by Crippen LogP contribution is -2.68. The molecule has 6 heteroatoms. The van der Waals surface area contributed by atoms with Gasteiger partial charge in [0.2, 0.25) is 0 Å². The topological polar surface area (TPSA) is 67.6 Å². The van der Waals surface area contributed by atoms with Crippen molar-refractivity contribution in [1.29, 1.82) is 0 Å². The summed E-state index contributed by atoms with van der Waals surface area (Å²) in [5.74, 6) is 0. The normalized spacial score (nSPS) is 20.5. The third-order valence-corrected chi connectivity index (χ3v) is 4.97. The molecular weight excluding hydrogens is 310 g/mol. The molecule has 0 saturated carbocycles. The smallest absolute Gasteiger partial charge is 0.321 e. The summed E-state index contributed by atoms with van der Waals surface area (Å²) in [6, 6.07) is 3.94. The summed E-state index contributed by atoms with van der Waals surface area (Å²) < 4.78 is 5.23. The number of nitrogens with two attached hydrogens (primary N) is 1. The Morgan fingerprint density at radius 2 is 2.26 bits per heavy atom. The Labute approximate surface area is 140 Å². The number of likely N-dealkylation sites (tertiary alicyclic amines) is 1. The van der Waals surface area contributed by atoms with E-state index in [-0.39, 0.29) is 11.4 Å². The number of thiophene rings is 1. The molecule has 2 fully saturated rings. The molecule has 0 aromatic carbocycles. The Bertz CT molecular complexity index is 649. The molecule has 122 valence electrons. The van der Waals surface area contributed by atoms with E-state index >= 15 is 0 Å². The molecule has 2 amide bonds. The Morgan fingerprint density at radius 3 is 2.78 bits per heavy atom. The first-order valence-electron chi connectivity index (χ1n) is 7.60. The van der Waals surface area contributed by atoms with E-state index in [1.165, 1.54) is 6.20 Å². The second-order valence-corrected chi connectivity index (χ2v) is 6.93. The van der Waals surface area contributed by atoms with E-state index in [9.17, 15) is 4.79 Å². The molecule has 5 nitrogen and oxygen atoms in total. The minimum absolute atomic E-state index is 0.110. The highest BCUT2D eigenvalue weighted by Crippen LogP contribution is 2.37. The molecule has 2 saturated heterocycles. The molecule has 0 radical (unpaired) electrons. The Morgan fingerprint density at radius 1 is 1.48 bits per heavy atom. The minimum Gasteiger partial charge on any atom is -0.403 e. The van der Waals surface area contributed by atoms with Crippen molar-refractivity contribution in [2.75, 3.05) is 26.3 Å². The first kappa shape index (κ1) is 15.8. The van der Waals surface area contributed by atoms with Gasteiger partial charge in [-0.05, 0) is 30.0 Å². The molecule has 2 aliphatic rings. The van der Waals surface area contributed by atoms with E-state index in [1.807, 2.05) is 42.7 Å². The van der Waals surface area contributed by atoms with Gasteiger partial charge in [0.1, 0.15) is 0 Å². The van der Waals surface area contributed by atoms with Crippen LogP contribution in [0, 0.1) is 5.41 Å². The van der Waals surface area contributed by atoms with Crippen LogP contribution >= 0.6 is 11.3 Å². The highest BCUT2D eigenvalue weighted by atomic mass is 32.1. The molecule has 1 aromatic heterocycles. The summed E-state index contributed by atoms with van der Waals surface area (Å²) in [7, 11) is 0. The van der Waals surface area contributed by atoms with Crippen LogP contribution in [-0.2, 0) is 4.74 Å². The van der Waals surface area contributed by atoms with Crippen LogP contribution in [0.2, 0.25) is 0 Å². The molecule has 1 aromatic rings. The molecule has 3 N–H and O–H groups in total. The van der Waals surface area contributed by atoms with Gasteiger partial charge in [-0.1, -0.05) is 18.2 Å². The van der Waals surface area contributed by atoms with E-state index in [2.05, 4.69) is 5.32 Å². The van der Waals surface area contributed by atoms with Crippen LogP contribution in [0.5, 0.6) is 0 Å². The van der Waals surface area contributed by atoms with Gasteiger partial charge in [0.15, 0.2) is 0 Å². The Kier molecular flexibility index (Phi) is 4.54. The third-order valence-electron chi connectivity index (χ3n) is 4.05. The van der Waals surface area contributed by atoms with Gasteiger partial charge < -0.3 is 20.7 Å². The number of carbonyl (C=O) groups excluding carboxylic acids is 1. The van der Waals surface area contributed by atoms with Crippen LogP contribution in [0.1, 0.15) is 11.8 Å². The number of ether oxygens (including phenoxy) is 1. The van der Waals surface area contributed by atoms with Crippen LogP contribution in [0.25, 0.3) is 5.57 Å². The van der Waals surface area contributed by atoms with Crippen LogP contribution in [0.3, 0.4) is 0 Å². The number of allylic oxidation sites excluding steroid dienone is 4. The molecule has 3 rings (SSSR count). The van der Waals surface area contributed by atoms with Crippen molar-refractivity contribution in [3.8, 4) is 0 Å². The fourth-order valence-corrected chi connectivity index (χ4v) is 3.52. The minimum atomic E-state index is -0.110. The standard InChI is InChI=1S/C17H21N3O2S/c1-2-4-13(15-5-3-6-23-15)7-14(8-18)19-16(21)20-9-17(10-20)11-22-12-17/h2-8H,9-12,18H2,1H3,(H,19,21)/b4-2-,13-7+,14-8-. The fourth-order valence-electron chi connectivity index (χ4n) is 2.80. The van der Waals surface area contributed by atoms with Gasteiger partial charge in [0, 0.05) is 24.2 Å². The molecule has 0 bridgehead atoms. The number of rotatable bonds is 4. The molecule has 0 atom stereocenters. The van der Waals surface area contributed by atoms with Crippen LogP contribution in [-0.4, -0.2) is 37.2 Å². The number of nitrogens with zero attached hydrogens (tertiary/aromatic N) is 1. The molecule has 1 spiro atoms. The van der Waals surface area contributed by atoms with E-state index < -0.39 is 0 Å². The van der Waals surface area contributed by atoms with Crippen molar-refractivity contribution >= 4 is 22.9 Å². The van der Waals surface area contributed by atoms with E-state index in [0.29, 0.717) is 5.70 Å². The SMILES string of the molecule is C\C=C/C(=C\C(=C\N)NC(=O)N1CC2(COC2)C1)c1cccs1. The largest absolute Gasteiger partial charge is 0.403 e. The number of nitrogens with one attached hydrogen (secondary N) is 1. The number of urea groups is 1. The van der Waals surface area contributed by atoms with Crippen molar-refractivity contribution in [3.05, 3.63) is 52.5 Å². The lowest BCUT2D eigenvalue weighted by atomic mass is 9.78. The van der Waals surface area contributed by atoms with Gasteiger partial charge in [-0.2, -0.15) is 0 Å². The first-order chi connectivity index (χ1) is 11.2. The summed E-state index contributed by atoms with van der Waals surface area (Å²) in [6.45, 7) is 5.01. The third kappa shape index (κ3) is 3.33. The predicted molar refractivity (Wildman–Crippen MR) is 92.7 cm³/mol.